The van der Waals surface area contributed by atoms with Gasteiger partial charge in [0.1, 0.15) is 6.33 Å². The van der Waals surface area contributed by atoms with Gasteiger partial charge in [0, 0.05) is 31.5 Å². The Bertz CT molecular complexity index is 338. The van der Waals surface area contributed by atoms with E-state index in [1.54, 1.807) is 12.4 Å². The molecule has 1 amide bonds. The number of aromatic nitrogens is 2. The number of amides is 1. The summed E-state index contributed by atoms with van der Waals surface area (Å²) in [5, 5.41) is 0. The van der Waals surface area contributed by atoms with E-state index in [-0.39, 0.29) is 11.9 Å². The molecule has 0 bridgehead atoms. The van der Waals surface area contributed by atoms with Gasteiger partial charge in [0.15, 0.2) is 0 Å². The van der Waals surface area contributed by atoms with Crippen molar-refractivity contribution >= 4 is 5.91 Å². The van der Waals surface area contributed by atoms with Crippen LogP contribution in [0.4, 0.5) is 0 Å². The van der Waals surface area contributed by atoms with Gasteiger partial charge >= 0.3 is 0 Å². The zero-order valence-electron chi connectivity index (χ0n) is 10.5. The molecule has 1 aromatic rings. The molecule has 0 aromatic carbocycles. The van der Waals surface area contributed by atoms with Crippen molar-refractivity contribution in [3.05, 3.63) is 24.3 Å². The Labute approximate surface area is 102 Å². The van der Waals surface area contributed by atoms with Crippen LogP contribution in [0.25, 0.3) is 0 Å². The second-order valence-electron chi connectivity index (χ2n) is 3.88. The van der Waals surface area contributed by atoms with Crippen molar-refractivity contribution in [3.63, 3.8) is 0 Å². The van der Waals surface area contributed by atoms with Gasteiger partial charge in [-0.15, -0.1) is 0 Å². The van der Waals surface area contributed by atoms with Gasteiger partial charge in [0.25, 0.3) is 5.91 Å². The van der Waals surface area contributed by atoms with Crippen molar-refractivity contribution in [1.82, 2.24) is 14.9 Å². The van der Waals surface area contributed by atoms with Crippen LogP contribution in [0.1, 0.15) is 37.0 Å². The van der Waals surface area contributed by atoms with Gasteiger partial charge in [-0.25, -0.2) is 9.97 Å². The van der Waals surface area contributed by atoms with Crippen LogP contribution in [0.5, 0.6) is 0 Å². The molecule has 94 valence electrons. The predicted octanol–water partition coefficient (Wildman–Crippen LogP) is 1.07. The number of hydrogen-bond acceptors (Lipinski definition) is 4. The summed E-state index contributed by atoms with van der Waals surface area (Å²) in [6.45, 7) is 5.19. The van der Waals surface area contributed by atoms with Crippen LogP contribution in [0.3, 0.4) is 0 Å². The fourth-order valence-corrected chi connectivity index (χ4v) is 1.89. The molecule has 0 unspecified atom stereocenters. The van der Waals surface area contributed by atoms with Crippen LogP contribution in [0.2, 0.25) is 0 Å². The van der Waals surface area contributed by atoms with Gasteiger partial charge in [-0.05, 0) is 12.8 Å². The van der Waals surface area contributed by atoms with Crippen LogP contribution in [-0.2, 0) is 0 Å². The maximum atomic E-state index is 12.3. The lowest BCUT2D eigenvalue weighted by molar-refractivity contribution is 0.0673. The molecule has 5 heteroatoms. The van der Waals surface area contributed by atoms with Gasteiger partial charge in [-0.1, -0.05) is 13.8 Å². The van der Waals surface area contributed by atoms with Gasteiger partial charge < -0.3 is 10.6 Å². The van der Waals surface area contributed by atoms with E-state index in [9.17, 15) is 4.79 Å². The molecule has 17 heavy (non-hydrogen) atoms. The molecule has 0 spiro atoms. The van der Waals surface area contributed by atoms with E-state index in [1.165, 1.54) is 6.33 Å². The first-order valence-corrected chi connectivity index (χ1v) is 6.00. The van der Waals surface area contributed by atoms with Crippen LogP contribution in [-0.4, -0.2) is 39.9 Å². The summed E-state index contributed by atoms with van der Waals surface area (Å²) in [6.07, 6.45) is 6.36. The third kappa shape index (κ3) is 3.49. The predicted molar refractivity (Wildman–Crippen MR) is 66.5 cm³/mol. The first kappa shape index (κ1) is 13.6. The van der Waals surface area contributed by atoms with E-state index in [0.29, 0.717) is 18.7 Å². The van der Waals surface area contributed by atoms with Crippen molar-refractivity contribution in [1.29, 1.82) is 0 Å². The molecular formula is C12H20N4O. The van der Waals surface area contributed by atoms with Gasteiger partial charge in [0.05, 0.1) is 5.56 Å². The number of hydrogen-bond donors (Lipinski definition) is 1. The molecule has 2 N–H and O–H groups in total. The lowest BCUT2D eigenvalue weighted by atomic mass is 10.1. The summed E-state index contributed by atoms with van der Waals surface area (Å²) in [6, 6.07) is 0.228. The molecule has 1 rings (SSSR count). The highest BCUT2D eigenvalue weighted by Gasteiger charge is 2.21. The average molecular weight is 236 g/mol. The smallest absolute Gasteiger partial charge is 0.257 e. The van der Waals surface area contributed by atoms with Crippen LogP contribution >= 0.6 is 0 Å². The lowest BCUT2D eigenvalue weighted by Gasteiger charge is -2.30. The Hall–Kier alpha value is -1.49. The van der Waals surface area contributed by atoms with Gasteiger partial charge in [-0.3, -0.25) is 4.79 Å². The summed E-state index contributed by atoms with van der Waals surface area (Å²) < 4.78 is 0. The van der Waals surface area contributed by atoms with Gasteiger partial charge in [-0.2, -0.15) is 0 Å². The van der Waals surface area contributed by atoms with Crippen LogP contribution in [0.15, 0.2) is 18.7 Å². The standard InChI is InChI=1S/C12H20N4O/c1-3-11(4-2)16(6-5-13)12(17)10-7-14-9-15-8-10/h7-9,11H,3-6,13H2,1-2H3. The molecule has 0 fully saturated rings. The number of carbonyl (C=O) groups excluding carboxylic acids is 1. The first-order valence-electron chi connectivity index (χ1n) is 6.00. The van der Waals surface area contributed by atoms with Crippen LogP contribution < -0.4 is 5.73 Å². The van der Waals surface area contributed by atoms with E-state index < -0.39 is 0 Å². The fraction of sp³-hybridized carbons (Fsp3) is 0.583. The molecule has 0 radical (unpaired) electrons. The summed E-state index contributed by atoms with van der Waals surface area (Å²) in [5.74, 6) is -0.0373. The summed E-state index contributed by atoms with van der Waals surface area (Å²) in [4.78, 5) is 21.8. The summed E-state index contributed by atoms with van der Waals surface area (Å²) in [5.41, 5.74) is 6.09. The quantitative estimate of drug-likeness (QED) is 0.801. The van der Waals surface area contributed by atoms with Crippen molar-refractivity contribution in [3.8, 4) is 0 Å². The Morgan fingerprint density at radius 3 is 2.41 bits per heavy atom. The third-order valence-electron chi connectivity index (χ3n) is 2.82. The SMILES string of the molecule is CCC(CC)N(CCN)C(=O)c1cncnc1. The molecule has 0 aliphatic heterocycles. The first-order chi connectivity index (χ1) is 8.24. The Morgan fingerprint density at radius 1 is 1.35 bits per heavy atom. The molecule has 5 nitrogen and oxygen atoms in total. The Morgan fingerprint density at radius 2 is 1.94 bits per heavy atom. The minimum absolute atomic E-state index is 0.0373. The molecule has 0 saturated carbocycles. The van der Waals surface area contributed by atoms with Crippen LogP contribution in [0, 0.1) is 0 Å². The normalized spacial score (nSPS) is 10.6. The maximum absolute atomic E-state index is 12.3. The molecular weight excluding hydrogens is 216 g/mol. The Balaban J connectivity index is 2.87. The second kappa shape index (κ2) is 6.96. The summed E-state index contributed by atoms with van der Waals surface area (Å²) >= 11 is 0. The zero-order chi connectivity index (χ0) is 12.7. The average Bonchev–Trinajstić information content (AvgIpc) is 2.39. The number of nitrogens with zero attached hydrogens (tertiary/aromatic N) is 3. The minimum atomic E-state index is -0.0373. The third-order valence-corrected chi connectivity index (χ3v) is 2.82. The number of carbonyl (C=O) groups is 1. The number of rotatable bonds is 6. The topological polar surface area (TPSA) is 72.1 Å². The van der Waals surface area contributed by atoms with E-state index >= 15 is 0 Å². The highest BCUT2D eigenvalue weighted by molar-refractivity contribution is 5.93. The lowest BCUT2D eigenvalue weighted by Crippen LogP contribution is -2.42. The Kier molecular flexibility index (Phi) is 5.56. The van der Waals surface area contributed by atoms with Crippen molar-refractivity contribution < 1.29 is 4.79 Å². The second-order valence-corrected chi connectivity index (χ2v) is 3.88. The van der Waals surface area contributed by atoms with Crippen molar-refractivity contribution in [2.45, 2.75) is 32.7 Å². The van der Waals surface area contributed by atoms with Crippen molar-refractivity contribution in [2.75, 3.05) is 13.1 Å². The van der Waals surface area contributed by atoms with E-state index in [2.05, 4.69) is 23.8 Å². The summed E-state index contributed by atoms with van der Waals surface area (Å²) in [7, 11) is 0. The monoisotopic (exact) mass is 236 g/mol. The highest BCUT2D eigenvalue weighted by atomic mass is 16.2. The molecule has 1 heterocycles. The van der Waals surface area contributed by atoms with E-state index in [0.717, 1.165) is 12.8 Å². The van der Waals surface area contributed by atoms with E-state index in [4.69, 9.17) is 5.73 Å². The van der Waals surface area contributed by atoms with Gasteiger partial charge in [0.2, 0.25) is 0 Å². The highest BCUT2D eigenvalue weighted by Crippen LogP contribution is 2.12. The molecule has 0 atom stereocenters. The zero-order valence-corrected chi connectivity index (χ0v) is 10.5. The van der Waals surface area contributed by atoms with Crippen molar-refractivity contribution in [2.24, 2.45) is 5.73 Å². The number of nitrogens with two attached hydrogens (primary N) is 1. The molecule has 1 aromatic heterocycles. The molecule has 0 aliphatic rings. The fourth-order valence-electron chi connectivity index (χ4n) is 1.89. The maximum Gasteiger partial charge on any atom is 0.257 e. The molecule has 0 saturated heterocycles. The van der Waals surface area contributed by atoms with E-state index in [1.807, 2.05) is 4.90 Å². The minimum Gasteiger partial charge on any atom is -0.334 e. The largest absolute Gasteiger partial charge is 0.334 e. The molecule has 0 aliphatic carbocycles.